The van der Waals surface area contributed by atoms with E-state index in [0.717, 1.165) is 5.56 Å². The second-order valence-corrected chi connectivity index (χ2v) is 8.89. The van der Waals surface area contributed by atoms with Gasteiger partial charge in [0.05, 0.1) is 18.4 Å². The highest BCUT2D eigenvalue weighted by atomic mass is 19.1. The molecule has 0 aliphatic carbocycles. The van der Waals surface area contributed by atoms with Gasteiger partial charge in [0.25, 0.3) is 0 Å². The van der Waals surface area contributed by atoms with Gasteiger partial charge < -0.3 is 0 Å². The Morgan fingerprint density at radius 1 is 0.757 bits per heavy atom. The summed E-state index contributed by atoms with van der Waals surface area (Å²) in [5.74, 6) is -1.41. The van der Waals surface area contributed by atoms with Gasteiger partial charge in [-0.3, -0.25) is 9.69 Å². The molecule has 0 atom stereocenters. The molecule has 5 rings (SSSR count). The van der Waals surface area contributed by atoms with Crippen LogP contribution in [0.15, 0.2) is 90.1 Å². The fourth-order valence-electron chi connectivity index (χ4n) is 4.28. The van der Waals surface area contributed by atoms with Crippen LogP contribution in [0.2, 0.25) is 0 Å². The van der Waals surface area contributed by atoms with Crippen LogP contribution in [0.1, 0.15) is 22.4 Å². The van der Waals surface area contributed by atoms with Crippen molar-refractivity contribution in [2.45, 2.75) is 13.1 Å². The van der Waals surface area contributed by atoms with E-state index < -0.39 is 11.6 Å². The van der Waals surface area contributed by atoms with E-state index >= 15 is 0 Å². The lowest BCUT2D eigenvalue weighted by Gasteiger charge is -2.29. The molecule has 0 radical (unpaired) electrons. The summed E-state index contributed by atoms with van der Waals surface area (Å²) < 4.78 is 43.5. The summed E-state index contributed by atoms with van der Waals surface area (Å²) in [7, 11) is 0. The minimum atomic E-state index is -0.428. The number of likely N-dealkylation sites (tertiary alicyclic amines) is 1. The quantitative estimate of drug-likeness (QED) is 0.338. The van der Waals surface area contributed by atoms with Crippen molar-refractivity contribution in [3.8, 4) is 0 Å². The highest BCUT2D eigenvalue weighted by molar-refractivity contribution is 6.14. The van der Waals surface area contributed by atoms with E-state index in [0.29, 0.717) is 41.1 Å². The number of ketones is 1. The minimum absolute atomic E-state index is 0.247. The third kappa shape index (κ3) is 5.92. The number of hydrogen-bond donors (Lipinski definition) is 0. The summed E-state index contributed by atoms with van der Waals surface area (Å²) in [6, 6.07) is 18.6. The Bertz CT molecular complexity index is 1420. The third-order valence-electron chi connectivity index (χ3n) is 6.07. The molecule has 0 spiro atoms. The Labute approximate surface area is 212 Å². The lowest BCUT2D eigenvalue weighted by atomic mass is 9.94. The molecule has 0 bridgehead atoms. The fourth-order valence-corrected chi connectivity index (χ4v) is 4.28. The van der Waals surface area contributed by atoms with Crippen molar-refractivity contribution in [1.82, 2.24) is 19.9 Å². The van der Waals surface area contributed by atoms with Gasteiger partial charge in [-0.05, 0) is 42.0 Å². The summed E-state index contributed by atoms with van der Waals surface area (Å²) in [5, 5.41) is 8.40. The molecule has 4 aromatic rings. The Morgan fingerprint density at radius 3 is 1.89 bits per heavy atom. The Morgan fingerprint density at radius 2 is 1.32 bits per heavy atom. The van der Waals surface area contributed by atoms with Crippen molar-refractivity contribution in [2.75, 3.05) is 13.1 Å². The van der Waals surface area contributed by atoms with E-state index in [4.69, 9.17) is 0 Å². The number of aromatic nitrogens is 3. The summed E-state index contributed by atoms with van der Waals surface area (Å²) in [6.07, 6.45) is 4.88. The second kappa shape index (κ2) is 10.8. The number of hydrogen-bond acceptors (Lipinski definition) is 4. The summed E-state index contributed by atoms with van der Waals surface area (Å²) >= 11 is 0. The normalized spacial score (nSPS) is 16.6. The molecule has 1 fully saturated rings. The number of rotatable bonds is 6. The molecular formula is C29H23F3N4O. The van der Waals surface area contributed by atoms with Crippen molar-refractivity contribution < 1.29 is 18.0 Å². The highest BCUT2D eigenvalue weighted by Crippen LogP contribution is 2.24. The summed E-state index contributed by atoms with van der Waals surface area (Å²) in [5.41, 5.74) is 2.97. The number of halogens is 3. The number of carbonyl (C=O) groups is 1. The molecule has 2 heterocycles. The first-order valence-corrected chi connectivity index (χ1v) is 11.8. The second-order valence-electron chi connectivity index (χ2n) is 8.89. The molecule has 1 aliphatic heterocycles. The van der Waals surface area contributed by atoms with Crippen LogP contribution in [0.5, 0.6) is 0 Å². The van der Waals surface area contributed by atoms with Gasteiger partial charge in [-0.1, -0.05) is 53.7 Å². The van der Waals surface area contributed by atoms with E-state index in [-0.39, 0.29) is 24.7 Å². The molecule has 0 N–H and O–H groups in total. The van der Waals surface area contributed by atoms with Crippen molar-refractivity contribution in [3.63, 3.8) is 0 Å². The van der Waals surface area contributed by atoms with Gasteiger partial charge >= 0.3 is 0 Å². The van der Waals surface area contributed by atoms with Crippen LogP contribution < -0.4 is 0 Å². The fraction of sp³-hybridized carbons (Fsp3) is 0.138. The van der Waals surface area contributed by atoms with Crippen LogP contribution in [0, 0.1) is 17.5 Å². The molecule has 5 nitrogen and oxygen atoms in total. The maximum atomic E-state index is 14.3. The summed E-state index contributed by atoms with van der Waals surface area (Å²) in [4.78, 5) is 15.3. The molecular weight excluding hydrogens is 477 g/mol. The zero-order valence-electron chi connectivity index (χ0n) is 19.8. The largest absolute Gasteiger partial charge is 0.289 e. The van der Waals surface area contributed by atoms with Crippen LogP contribution in [-0.4, -0.2) is 38.8 Å². The first kappa shape index (κ1) is 24.4. The van der Waals surface area contributed by atoms with E-state index in [9.17, 15) is 18.0 Å². The number of nitrogens with zero attached hydrogens (tertiary/aromatic N) is 4. The number of Topliss-reactive ketones (excluding diaryl/α,β-unsaturated/α-hetero) is 1. The van der Waals surface area contributed by atoms with Crippen LogP contribution >= 0.6 is 0 Å². The van der Waals surface area contributed by atoms with Gasteiger partial charge in [0, 0.05) is 41.9 Å². The third-order valence-corrected chi connectivity index (χ3v) is 6.07. The molecule has 186 valence electrons. The SMILES string of the molecule is O=C1/C(=C/c2ccccc2F)CN(Cc2cn(Cc3ccc(F)cc3)nn2)C/C1=C\c1ccccc1F. The van der Waals surface area contributed by atoms with Crippen LogP contribution in [0.25, 0.3) is 12.2 Å². The van der Waals surface area contributed by atoms with Crippen LogP contribution in [-0.2, 0) is 17.9 Å². The highest BCUT2D eigenvalue weighted by Gasteiger charge is 2.27. The number of carbonyl (C=O) groups excluding carboxylic acids is 1. The maximum Gasteiger partial charge on any atom is 0.187 e. The van der Waals surface area contributed by atoms with Gasteiger partial charge in [0.15, 0.2) is 5.78 Å². The van der Waals surface area contributed by atoms with Crippen molar-refractivity contribution in [3.05, 3.63) is 130 Å². The van der Waals surface area contributed by atoms with Crippen LogP contribution in [0.4, 0.5) is 13.2 Å². The standard InChI is InChI=1S/C29H23F3N4O/c30-25-11-9-20(10-12-25)15-36-19-26(33-34-36)18-35-16-23(13-21-5-1-3-7-27(21)31)29(37)24(17-35)14-22-6-2-4-8-28(22)32/h1-14,19H,15-18H2/b23-13+,24-14+. The molecule has 3 aromatic carbocycles. The number of piperidine rings is 1. The van der Waals surface area contributed by atoms with Crippen molar-refractivity contribution >= 4 is 17.9 Å². The first-order chi connectivity index (χ1) is 17.9. The molecule has 0 unspecified atom stereocenters. The predicted molar refractivity (Wildman–Crippen MR) is 135 cm³/mol. The Kier molecular flexibility index (Phi) is 7.09. The molecule has 1 aliphatic rings. The molecule has 1 saturated heterocycles. The van der Waals surface area contributed by atoms with E-state index in [1.165, 1.54) is 24.3 Å². The predicted octanol–water partition coefficient (Wildman–Crippen LogP) is 5.30. The van der Waals surface area contributed by atoms with Crippen molar-refractivity contribution in [2.24, 2.45) is 0 Å². The smallest absolute Gasteiger partial charge is 0.187 e. The van der Waals surface area contributed by atoms with Gasteiger partial charge in [0.1, 0.15) is 17.5 Å². The van der Waals surface area contributed by atoms with E-state index in [2.05, 4.69) is 10.3 Å². The van der Waals surface area contributed by atoms with Gasteiger partial charge in [-0.25, -0.2) is 17.9 Å². The zero-order valence-corrected chi connectivity index (χ0v) is 19.8. The monoisotopic (exact) mass is 500 g/mol. The molecule has 8 heteroatoms. The maximum absolute atomic E-state index is 14.3. The first-order valence-electron chi connectivity index (χ1n) is 11.8. The summed E-state index contributed by atoms with van der Waals surface area (Å²) in [6.45, 7) is 1.35. The molecule has 1 aromatic heterocycles. The number of benzene rings is 3. The van der Waals surface area contributed by atoms with Gasteiger partial charge in [-0.2, -0.15) is 0 Å². The minimum Gasteiger partial charge on any atom is -0.289 e. The topological polar surface area (TPSA) is 51.0 Å². The molecule has 0 amide bonds. The lowest BCUT2D eigenvalue weighted by Crippen LogP contribution is -2.37. The van der Waals surface area contributed by atoms with E-state index in [1.807, 2.05) is 4.90 Å². The molecule has 37 heavy (non-hydrogen) atoms. The van der Waals surface area contributed by atoms with Gasteiger partial charge in [0.2, 0.25) is 0 Å². The Balaban J connectivity index is 1.41. The van der Waals surface area contributed by atoms with E-state index in [1.54, 1.807) is 71.6 Å². The van der Waals surface area contributed by atoms with Gasteiger partial charge in [-0.15, -0.1) is 5.10 Å². The lowest BCUT2D eigenvalue weighted by molar-refractivity contribution is -0.113. The van der Waals surface area contributed by atoms with Crippen molar-refractivity contribution in [1.29, 1.82) is 0 Å². The average molecular weight is 501 g/mol. The van der Waals surface area contributed by atoms with Crippen LogP contribution in [0.3, 0.4) is 0 Å². The zero-order chi connectivity index (χ0) is 25.8. The average Bonchev–Trinajstić information content (AvgIpc) is 3.32. The Hall–Kier alpha value is -4.30. The molecule has 0 saturated carbocycles.